The van der Waals surface area contributed by atoms with Crippen LogP contribution in [0.5, 0.6) is 0 Å². The largest absolute Gasteiger partial charge is 0.394 e. The van der Waals surface area contributed by atoms with Gasteiger partial charge in [0.25, 0.3) is 0 Å². The summed E-state index contributed by atoms with van der Waals surface area (Å²) in [6.45, 7) is 0.394. The van der Waals surface area contributed by atoms with Crippen molar-refractivity contribution in [3.8, 4) is 0 Å². The van der Waals surface area contributed by atoms with Gasteiger partial charge in [0.15, 0.2) is 5.84 Å². The maximum absolute atomic E-state index is 9.86. The van der Waals surface area contributed by atoms with Crippen LogP contribution in [0.1, 0.15) is 31.2 Å². The number of rotatable bonds is 5. The van der Waals surface area contributed by atoms with E-state index in [4.69, 9.17) is 10.6 Å². The van der Waals surface area contributed by atoms with Gasteiger partial charge in [0.2, 0.25) is 0 Å². The van der Waals surface area contributed by atoms with Crippen molar-refractivity contribution in [1.82, 2.24) is 0 Å². The highest BCUT2D eigenvalue weighted by Crippen LogP contribution is 2.34. The van der Waals surface area contributed by atoms with Crippen molar-refractivity contribution >= 4 is 21.8 Å². The lowest BCUT2D eigenvalue weighted by Gasteiger charge is -2.36. The monoisotopic (exact) mass is 312 g/mol. The second kappa shape index (κ2) is 5.71. The molecule has 5 heteroatoms. The van der Waals surface area contributed by atoms with E-state index in [1.54, 1.807) is 0 Å². The van der Waals surface area contributed by atoms with E-state index in [1.807, 2.05) is 24.3 Å². The zero-order valence-electron chi connectivity index (χ0n) is 10.1. The SMILES string of the molecule is N/C(=N\OCCC1(O)CCC1)c1cccc(Br)c1. The number of oxime groups is 1. The maximum Gasteiger partial charge on any atom is 0.170 e. The van der Waals surface area contributed by atoms with Gasteiger partial charge >= 0.3 is 0 Å². The lowest BCUT2D eigenvalue weighted by atomic mass is 9.78. The molecule has 0 unspecified atom stereocenters. The molecule has 2 rings (SSSR count). The molecule has 1 aliphatic rings. The highest BCUT2D eigenvalue weighted by Gasteiger charge is 2.33. The van der Waals surface area contributed by atoms with E-state index in [0.717, 1.165) is 29.3 Å². The molecule has 0 atom stereocenters. The van der Waals surface area contributed by atoms with Crippen LogP contribution in [0.2, 0.25) is 0 Å². The van der Waals surface area contributed by atoms with E-state index in [9.17, 15) is 5.11 Å². The topological polar surface area (TPSA) is 67.8 Å². The first-order valence-electron chi connectivity index (χ1n) is 6.03. The maximum atomic E-state index is 9.86. The molecule has 0 heterocycles. The summed E-state index contributed by atoms with van der Waals surface area (Å²) in [5, 5.41) is 13.7. The lowest BCUT2D eigenvalue weighted by Crippen LogP contribution is -2.37. The molecule has 1 aliphatic carbocycles. The van der Waals surface area contributed by atoms with Crippen LogP contribution in [0.4, 0.5) is 0 Å². The van der Waals surface area contributed by atoms with Crippen molar-refractivity contribution < 1.29 is 9.94 Å². The Labute approximate surface area is 115 Å². The molecule has 4 nitrogen and oxygen atoms in total. The fourth-order valence-corrected chi connectivity index (χ4v) is 2.29. The molecule has 0 radical (unpaired) electrons. The molecule has 18 heavy (non-hydrogen) atoms. The molecule has 0 aromatic heterocycles. The van der Waals surface area contributed by atoms with Gasteiger partial charge in [-0.2, -0.15) is 0 Å². The van der Waals surface area contributed by atoms with Crippen molar-refractivity contribution in [2.75, 3.05) is 6.61 Å². The molecular weight excluding hydrogens is 296 g/mol. The van der Waals surface area contributed by atoms with Crippen molar-refractivity contribution in [1.29, 1.82) is 0 Å². The van der Waals surface area contributed by atoms with Crippen LogP contribution >= 0.6 is 15.9 Å². The average Bonchev–Trinajstić information content (AvgIpc) is 2.32. The van der Waals surface area contributed by atoms with E-state index in [-0.39, 0.29) is 0 Å². The number of nitrogens with two attached hydrogens (primary N) is 1. The Morgan fingerprint density at radius 3 is 2.89 bits per heavy atom. The van der Waals surface area contributed by atoms with E-state index in [0.29, 0.717) is 18.9 Å². The van der Waals surface area contributed by atoms with Crippen LogP contribution in [0.25, 0.3) is 0 Å². The van der Waals surface area contributed by atoms with Crippen LogP contribution in [0.15, 0.2) is 33.9 Å². The molecule has 3 N–H and O–H groups in total. The molecule has 0 saturated heterocycles. The summed E-state index contributed by atoms with van der Waals surface area (Å²) in [5.74, 6) is 0.344. The summed E-state index contributed by atoms with van der Waals surface area (Å²) in [6.07, 6.45) is 3.44. The third kappa shape index (κ3) is 3.46. The molecule has 0 aliphatic heterocycles. The Hall–Kier alpha value is -1.07. The highest BCUT2D eigenvalue weighted by molar-refractivity contribution is 9.10. The third-order valence-corrected chi connectivity index (χ3v) is 3.72. The predicted octanol–water partition coefficient (Wildman–Crippen LogP) is 2.39. The fourth-order valence-electron chi connectivity index (χ4n) is 1.89. The molecule has 0 bridgehead atoms. The molecule has 0 spiro atoms. The summed E-state index contributed by atoms with van der Waals surface area (Å²) in [7, 11) is 0. The zero-order valence-corrected chi connectivity index (χ0v) is 11.7. The van der Waals surface area contributed by atoms with Gasteiger partial charge in [0.1, 0.15) is 6.61 Å². The smallest absolute Gasteiger partial charge is 0.170 e. The number of amidine groups is 1. The first-order valence-corrected chi connectivity index (χ1v) is 6.82. The van der Waals surface area contributed by atoms with Gasteiger partial charge < -0.3 is 15.7 Å². The average molecular weight is 313 g/mol. The molecule has 1 aromatic rings. The van der Waals surface area contributed by atoms with Gasteiger partial charge in [-0.05, 0) is 31.4 Å². The second-order valence-electron chi connectivity index (χ2n) is 4.65. The fraction of sp³-hybridized carbons (Fsp3) is 0.462. The molecule has 1 fully saturated rings. The Kier molecular flexibility index (Phi) is 4.24. The van der Waals surface area contributed by atoms with Gasteiger partial charge in [0, 0.05) is 16.5 Å². The van der Waals surface area contributed by atoms with Crippen molar-refractivity contribution in [2.24, 2.45) is 10.9 Å². The molecule has 0 amide bonds. The quantitative estimate of drug-likeness (QED) is 0.380. The normalized spacial score (nSPS) is 18.2. The van der Waals surface area contributed by atoms with Crippen LogP contribution < -0.4 is 5.73 Å². The number of hydrogen-bond acceptors (Lipinski definition) is 3. The number of nitrogens with zero attached hydrogens (tertiary/aromatic N) is 1. The summed E-state index contributed by atoms with van der Waals surface area (Å²) >= 11 is 3.37. The van der Waals surface area contributed by atoms with Crippen LogP contribution in [-0.4, -0.2) is 23.2 Å². The predicted molar refractivity (Wildman–Crippen MR) is 74.2 cm³/mol. The molecule has 1 aromatic carbocycles. The molecule has 1 saturated carbocycles. The summed E-state index contributed by atoms with van der Waals surface area (Å²) < 4.78 is 0.946. The Bertz CT molecular complexity index is 444. The third-order valence-electron chi connectivity index (χ3n) is 3.23. The van der Waals surface area contributed by atoms with Crippen LogP contribution in [0.3, 0.4) is 0 Å². The molecular formula is C13H17BrN2O2. The second-order valence-corrected chi connectivity index (χ2v) is 5.56. The summed E-state index contributed by atoms with van der Waals surface area (Å²) in [6, 6.07) is 7.55. The van der Waals surface area contributed by atoms with Gasteiger partial charge in [-0.15, -0.1) is 0 Å². The van der Waals surface area contributed by atoms with Crippen molar-refractivity contribution in [3.05, 3.63) is 34.3 Å². The molecule has 98 valence electrons. The minimum atomic E-state index is -0.528. The van der Waals surface area contributed by atoms with E-state index < -0.39 is 5.60 Å². The zero-order chi connectivity index (χ0) is 13.0. The van der Waals surface area contributed by atoms with Crippen molar-refractivity contribution in [3.63, 3.8) is 0 Å². The highest BCUT2D eigenvalue weighted by atomic mass is 79.9. The van der Waals surface area contributed by atoms with Crippen LogP contribution in [-0.2, 0) is 4.84 Å². The minimum Gasteiger partial charge on any atom is -0.394 e. The van der Waals surface area contributed by atoms with Crippen molar-refractivity contribution in [2.45, 2.75) is 31.3 Å². The van der Waals surface area contributed by atoms with Gasteiger partial charge in [-0.1, -0.05) is 33.2 Å². The lowest BCUT2D eigenvalue weighted by molar-refractivity contribution is -0.0583. The van der Waals surface area contributed by atoms with Crippen LogP contribution in [0, 0.1) is 0 Å². The van der Waals surface area contributed by atoms with Gasteiger partial charge in [-0.3, -0.25) is 0 Å². The number of halogens is 1. The van der Waals surface area contributed by atoms with Gasteiger partial charge in [0.05, 0.1) is 5.60 Å². The first-order chi connectivity index (χ1) is 8.59. The minimum absolute atomic E-state index is 0.344. The first kappa shape index (κ1) is 13.4. The Morgan fingerprint density at radius 2 is 2.28 bits per heavy atom. The van der Waals surface area contributed by atoms with E-state index >= 15 is 0 Å². The standard InChI is InChI=1S/C13H17BrN2O2/c14-11-4-1-3-10(9-11)12(15)16-18-8-7-13(17)5-2-6-13/h1,3-4,9,17H,2,5-8H2,(H2,15,16). The number of hydrogen-bond donors (Lipinski definition) is 2. The van der Waals surface area contributed by atoms with Gasteiger partial charge in [-0.25, -0.2) is 0 Å². The van der Waals surface area contributed by atoms with E-state index in [2.05, 4.69) is 21.1 Å². The Balaban J connectivity index is 1.81. The Morgan fingerprint density at radius 1 is 1.50 bits per heavy atom. The number of benzene rings is 1. The summed E-state index contributed by atoms with van der Waals surface area (Å²) in [4.78, 5) is 5.15. The van der Waals surface area contributed by atoms with E-state index in [1.165, 1.54) is 0 Å². The number of aliphatic hydroxyl groups is 1. The summed E-state index contributed by atoms with van der Waals surface area (Å²) in [5.41, 5.74) is 6.09.